The van der Waals surface area contributed by atoms with E-state index in [0.717, 1.165) is 42.4 Å². The van der Waals surface area contributed by atoms with Crippen molar-refractivity contribution < 1.29 is 23.7 Å². The normalized spacial score (nSPS) is 13.1. The fourth-order valence-electron chi connectivity index (χ4n) is 4.68. The van der Waals surface area contributed by atoms with Gasteiger partial charge < -0.3 is 23.7 Å². The van der Waals surface area contributed by atoms with Gasteiger partial charge >= 0.3 is 0 Å². The van der Waals surface area contributed by atoms with E-state index >= 15 is 0 Å². The van der Waals surface area contributed by atoms with E-state index < -0.39 is 5.60 Å². The summed E-state index contributed by atoms with van der Waals surface area (Å²) < 4.78 is 31.3. The van der Waals surface area contributed by atoms with Crippen molar-refractivity contribution in [2.24, 2.45) is 0 Å². The van der Waals surface area contributed by atoms with Crippen LogP contribution in [0.1, 0.15) is 56.2 Å². The molecule has 0 aliphatic heterocycles. The fraction of sp³-hybridized carbons (Fsp3) is 0.444. The first-order valence-electron chi connectivity index (χ1n) is 15.0. The van der Waals surface area contributed by atoms with E-state index in [0.29, 0.717) is 46.2 Å². The summed E-state index contributed by atoms with van der Waals surface area (Å²) in [6.07, 6.45) is 5.49. The molecule has 0 aliphatic carbocycles. The maximum atomic E-state index is 7.03. The molecule has 3 aromatic carbocycles. The summed E-state index contributed by atoms with van der Waals surface area (Å²) in [6, 6.07) is 31.2. The van der Waals surface area contributed by atoms with Crippen LogP contribution in [-0.2, 0) is 29.3 Å². The summed E-state index contributed by atoms with van der Waals surface area (Å²) >= 11 is 0. The van der Waals surface area contributed by atoms with E-state index in [4.69, 9.17) is 23.7 Å². The lowest BCUT2D eigenvalue weighted by atomic mass is 9.80. The van der Waals surface area contributed by atoms with Crippen LogP contribution in [0.3, 0.4) is 0 Å². The quantitative estimate of drug-likeness (QED) is 0.0720. The first kappa shape index (κ1) is 32.7. The molecule has 0 aromatic heterocycles. The first-order valence-corrected chi connectivity index (χ1v) is 15.0. The molecule has 41 heavy (non-hydrogen) atoms. The Kier molecular flexibility index (Phi) is 15.4. The van der Waals surface area contributed by atoms with Crippen molar-refractivity contribution in [3.63, 3.8) is 0 Å². The zero-order valence-corrected chi connectivity index (χ0v) is 24.9. The van der Waals surface area contributed by atoms with Crippen molar-refractivity contribution in [1.82, 2.24) is 0 Å². The third-order valence-corrected chi connectivity index (χ3v) is 6.88. The van der Waals surface area contributed by atoms with E-state index in [9.17, 15) is 0 Å². The van der Waals surface area contributed by atoms with Gasteiger partial charge in [-0.1, -0.05) is 124 Å². The Labute approximate surface area is 247 Å². The molecule has 0 heterocycles. The summed E-state index contributed by atoms with van der Waals surface area (Å²) in [7, 11) is 0. The molecule has 0 N–H and O–H groups in total. The molecule has 0 radical (unpaired) electrons. The van der Waals surface area contributed by atoms with Crippen LogP contribution in [0, 0.1) is 0 Å². The highest BCUT2D eigenvalue weighted by Gasteiger charge is 2.38. The van der Waals surface area contributed by atoms with Crippen LogP contribution >= 0.6 is 0 Å². The summed E-state index contributed by atoms with van der Waals surface area (Å²) in [5.74, 6) is 0. The highest BCUT2D eigenvalue weighted by atomic mass is 16.6. The molecule has 0 fully saturated rings. The van der Waals surface area contributed by atoms with Gasteiger partial charge in [-0.25, -0.2) is 0 Å². The zero-order chi connectivity index (χ0) is 29.0. The molecule has 3 rings (SSSR count). The van der Waals surface area contributed by atoms with Gasteiger partial charge in [0, 0.05) is 13.2 Å². The van der Waals surface area contributed by atoms with Crippen molar-refractivity contribution in [1.29, 1.82) is 0 Å². The Balaban J connectivity index is 1.81. The molecular weight excluding hydrogens is 512 g/mol. The highest BCUT2D eigenvalue weighted by Crippen LogP contribution is 2.40. The second-order valence-electron chi connectivity index (χ2n) is 10.1. The first-order chi connectivity index (χ1) is 20.2. The van der Waals surface area contributed by atoms with Gasteiger partial charge in [0.05, 0.1) is 33.0 Å². The lowest BCUT2D eigenvalue weighted by molar-refractivity contribution is -0.110. The molecule has 2 atom stereocenters. The Morgan fingerprint density at radius 1 is 0.610 bits per heavy atom. The lowest BCUT2D eigenvalue weighted by Crippen LogP contribution is -2.38. The number of hydrogen-bond donors (Lipinski definition) is 0. The van der Waals surface area contributed by atoms with E-state index in [1.807, 2.05) is 18.2 Å². The van der Waals surface area contributed by atoms with Crippen molar-refractivity contribution in [2.75, 3.05) is 46.2 Å². The van der Waals surface area contributed by atoms with Crippen LogP contribution in [0.15, 0.2) is 104 Å². The molecule has 5 heteroatoms. The van der Waals surface area contributed by atoms with Crippen LogP contribution in [-0.4, -0.2) is 58.5 Å². The monoisotopic (exact) mass is 560 g/mol. The van der Waals surface area contributed by atoms with Gasteiger partial charge in [-0.05, 0) is 29.5 Å². The SMILES string of the molecule is C=CCOCC(COCC(COC(c1ccccc1)(c1ccccc1)c1ccccc1)OCCCC)OCCCC. The maximum Gasteiger partial charge on any atom is 0.143 e. The van der Waals surface area contributed by atoms with Gasteiger partial charge in [-0.15, -0.1) is 6.58 Å². The van der Waals surface area contributed by atoms with Crippen LogP contribution in [0.5, 0.6) is 0 Å². The molecule has 0 spiro atoms. The number of benzene rings is 3. The van der Waals surface area contributed by atoms with Crippen LogP contribution in [0.25, 0.3) is 0 Å². The van der Waals surface area contributed by atoms with Crippen LogP contribution < -0.4 is 0 Å². The standard InChI is InChI=1S/C36H48O5/c1-4-7-25-39-34(27-37-24-6-3)28-38-29-35(40-26-8-5-2)30-41-36(31-18-12-9-13-19-31,32-20-14-10-15-21-32)33-22-16-11-17-23-33/h6,9-23,34-35H,3-5,7-8,24-30H2,1-2H3. The second-order valence-corrected chi connectivity index (χ2v) is 10.1. The lowest BCUT2D eigenvalue weighted by Gasteiger charge is -2.37. The molecule has 0 bridgehead atoms. The molecule has 3 aromatic rings. The molecule has 0 saturated carbocycles. The largest absolute Gasteiger partial charge is 0.376 e. The van der Waals surface area contributed by atoms with Gasteiger partial charge in [0.1, 0.15) is 17.8 Å². The Hall–Kier alpha value is -2.80. The van der Waals surface area contributed by atoms with Gasteiger partial charge in [0.25, 0.3) is 0 Å². The second kappa shape index (κ2) is 19.3. The predicted octanol–water partition coefficient (Wildman–Crippen LogP) is 7.58. The Morgan fingerprint density at radius 2 is 1.02 bits per heavy atom. The number of hydrogen-bond acceptors (Lipinski definition) is 5. The molecule has 222 valence electrons. The summed E-state index contributed by atoms with van der Waals surface area (Å²) in [5.41, 5.74) is 2.39. The van der Waals surface area contributed by atoms with Crippen molar-refractivity contribution in [3.8, 4) is 0 Å². The number of unbranched alkanes of at least 4 members (excludes halogenated alkanes) is 2. The maximum absolute atomic E-state index is 7.03. The van der Waals surface area contributed by atoms with Crippen molar-refractivity contribution in [2.45, 2.75) is 57.3 Å². The predicted molar refractivity (Wildman–Crippen MR) is 166 cm³/mol. The third-order valence-electron chi connectivity index (χ3n) is 6.88. The smallest absolute Gasteiger partial charge is 0.143 e. The van der Waals surface area contributed by atoms with Crippen molar-refractivity contribution >= 4 is 0 Å². The molecule has 0 saturated heterocycles. The van der Waals surface area contributed by atoms with E-state index in [1.54, 1.807) is 6.08 Å². The minimum atomic E-state index is -0.805. The summed E-state index contributed by atoms with van der Waals surface area (Å²) in [4.78, 5) is 0. The fourth-order valence-corrected chi connectivity index (χ4v) is 4.68. The van der Waals surface area contributed by atoms with Crippen LogP contribution in [0.4, 0.5) is 0 Å². The van der Waals surface area contributed by atoms with E-state index in [2.05, 4.69) is 93.2 Å². The molecule has 5 nitrogen and oxygen atoms in total. The summed E-state index contributed by atoms with van der Waals surface area (Å²) in [5, 5.41) is 0. The van der Waals surface area contributed by atoms with Gasteiger partial charge in [0.15, 0.2) is 0 Å². The Bertz CT molecular complexity index is 960. The zero-order valence-electron chi connectivity index (χ0n) is 24.9. The minimum absolute atomic E-state index is 0.143. The average Bonchev–Trinajstić information content (AvgIpc) is 3.02. The molecular formula is C36H48O5. The third kappa shape index (κ3) is 10.5. The van der Waals surface area contributed by atoms with Gasteiger partial charge in [-0.3, -0.25) is 0 Å². The minimum Gasteiger partial charge on any atom is -0.376 e. The van der Waals surface area contributed by atoms with Crippen LogP contribution in [0.2, 0.25) is 0 Å². The molecule has 0 aliphatic rings. The van der Waals surface area contributed by atoms with Gasteiger partial charge in [-0.2, -0.15) is 0 Å². The number of rotatable bonds is 22. The highest BCUT2D eigenvalue weighted by molar-refractivity contribution is 5.47. The van der Waals surface area contributed by atoms with Crippen molar-refractivity contribution in [3.05, 3.63) is 120 Å². The molecule has 0 amide bonds. The molecule has 2 unspecified atom stereocenters. The van der Waals surface area contributed by atoms with Gasteiger partial charge in [0.2, 0.25) is 0 Å². The van der Waals surface area contributed by atoms with E-state index in [-0.39, 0.29) is 12.2 Å². The summed E-state index contributed by atoms with van der Waals surface area (Å²) in [6.45, 7) is 11.5. The Morgan fingerprint density at radius 3 is 1.44 bits per heavy atom. The number of ether oxygens (including phenoxy) is 5. The topological polar surface area (TPSA) is 46.2 Å². The van der Waals surface area contributed by atoms with E-state index in [1.165, 1.54) is 0 Å². The average molecular weight is 561 g/mol.